The fraction of sp³-hybridized carbons (Fsp3) is 1.00. The normalized spacial score (nSPS) is 37.6. The van der Waals surface area contributed by atoms with Gasteiger partial charge in [-0.2, -0.15) is 0 Å². The molecular weight excluding hydrogens is 278 g/mol. The van der Waals surface area contributed by atoms with Crippen LogP contribution in [0.5, 0.6) is 0 Å². The minimum atomic E-state index is 0.303. The van der Waals surface area contributed by atoms with E-state index in [1.54, 1.807) is 7.11 Å². The van der Waals surface area contributed by atoms with Crippen molar-refractivity contribution in [2.45, 2.75) is 82.3 Å². The van der Waals surface area contributed by atoms with Gasteiger partial charge in [0.15, 0.2) is 0 Å². The predicted octanol–water partition coefficient (Wildman–Crippen LogP) is 2.85. The van der Waals surface area contributed by atoms with E-state index in [4.69, 9.17) is 14.2 Å². The van der Waals surface area contributed by atoms with Crippen molar-refractivity contribution in [3.05, 3.63) is 0 Å². The molecule has 3 fully saturated rings. The highest BCUT2D eigenvalue weighted by atomic mass is 16.5. The number of ether oxygens (including phenoxy) is 3. The van der Waals surface area contributed by atoms with E-state index in [0.717, 1.165) is 18.8 Å². The zero-order valence-corrected chi connectivity index (χ0v) is 14.7. The van der Waals surface area contributed by atoms with E-state index < -0.39 is 0 Å². The van der Waals surface area contributed by atoms with E-state index in [1.165, 1.54) is 38.8 Å². The lowest BCUT2D eigenvalue weighted by atomic mass is 9.69. The van der Waals surface area contributed by atoms with Crippen LogP contribution in [-0.4, -0.2) is 62.2 Å². The molecule has 3 aliphatic rings. The Labute approximate surface area is 135 Å². The van der Waals surface area contributed by atoms with Gasteiger partial charge in [-0.25, -0.2) is 0 Å². The van der Waals surface area contributed by atoms with E-state index in [2.05, 4.69) is 18.7 Å². The molecule has 0 spiro atoms. The summed E-state index contributed by atoms with van der Waals surface area (Å²) in [6.45, 7) is 7.18. The molecule has 0 radical (unpaired) electrons. The lowest BCUT2D eigenvalue weighted by Crippen LogP contribution is -2.57. The third kappa shape index (κ3) is 3.35. The molecule has 4 heteroatoms. The molecule has 4 nitrogen and oxygen atoms in total. The summed E-state index contributed by atoms with van der Waals surface area (Å²) < 4.78 is 17.0. The van der Waals surface area contributed by atoms with Crippen LogP contribution in [0.15, 0.2) is 0 Å². The first-order valence-electron chi connectivity index (χ1n) is 8.99. The molecular formula is C18H33NO3. The second-order valence-corrected chi connectivity index (χ2v) is 7.95. The average molecular weight is 311 g/mol. The van der Waals surface area contributed by atoms with E-state index in [9.17, 15) is 0 Å². The Balaban J connectivity index is 1.40. The van der Waals surface area contributed by atoms with Gasteiger partial charge in [0.1, 0.15) is 0 Å². The fourth-order valence-electron chi connectivity index (χ4n) is 4.25. The molecule has 2 aliphatic carbocycles. The molecule has 0 N–H and O–H groups in total. The lowest BCUT2D eigenvalue weighted by Gasteiger charge is -2.52. The largest absolute Gasteiger partial charge is 0.381 e. The second kappa shape index (κ2) is 6.76. The number of hydrogen-bond donors (Lipinski definition) is 0. The number of methoxy groups -OCH3 is 2. The van der Waals surface area contributed by atoms with Gasteiger partial charge in [0.05, 0.1) is 24.4 Å². The monoisotopic (exact) mass is 311 g/mol. The van der Waals surface area contributed by atoms with Gasteiger partial charge >= 0.3 is 0 Å². The molecule has 0 unspecified atom stereocenters. The van der Waals surface area contributed by atoms with Gasteiger partial charge in [0.2, 0.25) is 0 Å². The molecule has 0 bridgehead atoms. The molecule has 2 saturated carbocycles. The smallest absolute Gasteiger partial charge is 0.0628 e. The first-order chi connectivity index (χ1) is 10.5. The summed E-state index contributed by atoms with van der Waals surface area (Å²) in [5.74, 6) is 0.781. The summed E-state index contributed by atoms with van der Waals surface area (Å²) in [7, 11) is 3.64. The highest BCUT2D eigenvalue weighted by Gasteiger charge is 2.44. The fourth-order valence-corrected chi connectivity index (χ4v) is 4.25. The molecule has 3 rings (SSSR count). The van der Waals surface area contributed by atoms with Crippen LogP contribution in [0, 0.1) is 5.92 Å². The summed E-state index contributed by atoms with van der Waals surface area (Å²) in [6.07, 6.45) is 8.82. The molecule has 128 valence electrons. The third-order valence-electron chi connectivity index (χ3n) is 6.45. The third-order valence-corrected chi connectivity index (χ3v) is 6.45. The molecule has 1 aliphatic heterocycles. The highest BCUT2D eigenvalue weighted by Crippen LogP contribution is 2.42. The zero-order chi connectivity index (χ0) is 15.7. The van der Waals surface area contributed by atoms with Crippen molar-refractivity contribution in [3.63, 3.8) is 0 Å². The molecule has 22 heavy (non-hydrogen) atoms. The molecule has 1 saturated heterocycles. The van der Waals surface area contributed by atoms with Gasteiger partial charge in [0.25, 0.3) is 0 Å². The van der Waals surface area contributed by atoms with Crippen molar-refractivity contribution in [2.24, 2.45) is 5.92 Å². The van der Waals surface area contributed by atoms with E-state index >= 15 is 0 Å². The van der Waals surface area contributed by atoms with Crippen molar-refractivity contribution in [2.75, 3.05) is 27.3 Å². The Morgan fingerprint density at radius 3 is 1.86 bits per heavy atom. The SMILES string of the molecule is COC1CC(OC2CCN(C(C)(C)C3CC(OC)C3)CC2)C1. The van der Waals surface area contributed by atoms with Gasteiger partial charge in [-0.3, -0.25) is 4.90 Å². The number of likely N-dealkylation sites (tertiary alicyclic amines) is 1. The summed E-state index contributed by atoms with van der Waals surface area (Å²) in [5.41, 5.74) is 0.303. The molecule has 0 aromatic rings. The van der Waals surface area contributed by atoms with Crippen molar-refractivity contribution in [3.8, 4) is 0 Å². The molecule has 0 amide bonds. The zero-order valence-electron chi connectivity index (χ0n) is 14.7. The maximum absolute atomic E-state index is 6.23. The van der Waals surface area contributed by atoms with Gasteiger partial charge in [-0.1, -0.05) is 0 Å². The van der Waals surface area contributed by atoms with Crippen LogP contribution in [0.4, 0.5) is 0 Å². The van der Waals surface area contributed by atoms with Gasteiger partial charge in [-0.15, -0.1) is 0 Å². The van der Waals surface area contributed by atoms with Crippen LogP contribution < -0.4 is 0 Å². The maximum atomic E-state index is 6.23. The van der Waals surface area contributed by atoms with Crippen LogP contribution in [0.25, 0.3) is 0 Å². The first-order valence-corrected chi connectivity index (χ1v) is 8.99. The minimum Gasteiger partial charge on any atom is -0.381 e. The number of nitrogens with zero attached hydrogens (tertiary/aromatic N) is 1. The molecule has 0 aromatic carbocycles. The number of piperidine rings is 1. The standard InChI is InChI=1S/C18H33NO3/c1-18(2,13-9-15(10-13)20-3)19-7-5-14(6-8-19)22-17-11-16(12-17)21-4/h13-17H,5-12H2,1-4H3. The Kier molecular flexibility index (Phi) is 5.13. The summed E-state index contributed by atoms with van der Waals surface area (Å²) in [4.78, 5) is 2.68. The Morgan fingerprint density at radius 1 is 0.773 bits per heavy atom. The van der Waals surface area contributed by atoms with Gasteiger partial charge in [-0.05, 0) is 58.3 Å². The van der Waals surface area contributed by atoms with Gasteiger partial charge in [0, 0.05) is 32.8 Å². The quantitative estimate of drug-likeness (QED) is 0.755. The number of rotatable bonds is 6. The topological polar surface area (TPSA) is 30.9 Å². The second-order valence-electron chi connectivity index (χ2n) is 7.95. The summed E-state index contributed by atoms with van der Waals surface area (Å²) in [5, 5.41) is 0. The van der Waals surface area contributed by atoms with E-state index in [-0.39, 0.29) is 0 Å². The highest BCUT2D eigenvalue weighted by molar-refractivity contribution is 4.98. The molecule has 0 atom stereocenters. The van der Waals surface area contributed by atoms with E-state index in [1.807, 2.05) is 7.11 Å². The molecule has 0 aromatic heterocycles. The van der Waals surface area contributed by atoms with Gasteiger partial charge < -0.3 is 14.2 Å². The average Bonchev–Trinajstić information content (AvgIpc) is 2.41. The van der Waals surface area contributed by atoms with Crippen molar-refractivity contribution < 1.29 is 14.2 Å². The summed E-state index contributed by atoms with van der Waals surface area (Å²) in [6, 6.07) is 0. The minimum absolute atomic E-state index is 0.303. The lowest BCUT2D eigenvalue weighted by molar-refractivity contribution is -0.136. The van der Waals surface area contributed by atoms with Crippen molar-refractivity contribution in [1.29, 1.82) is 0 Å². The van der Waals surface area contributed by atoms with Crippen LogP contribution >= 0.6 is 0 Å². The maximum Gasteiger partial charge on any atom is 0.0628 e. The number of hydrogen-bond acceptors (Lipinski definition) is 4. The van der Waals surface area contributed by atoms with Crippen LogP contribution in [-0.2, 0) is 14.2 Å². The Hall–Kier alpha value is -0.160. The van der Waals surface area contributed by atoms with Crippen molar-refractivity contribution >= 4 is 0 Å². The first kappa shape index (κ1) is 16.7. The van der Waals surface area contributed by atoms with Crippen LogP contribution in [0.1, 0.15) is 52.4 Å². The van der Waals surface area contributed by atoms with Crippen LogP contribution in [0.2, 0.25) is 0 Å². The Bertz CT molecular complexity index is 353. The van der Waals surface area contributed by atoms with Crippen molar-refractivity contribution in [1.82, 2.24) is 4.90 Å². The Morgan fingerprint density at radius 2 is 1.32 bits per heavy atom. The summed E-state index contributed by atoms with van der Waals surface area (Å²) >= 11 is 0. The predicted molar refractivity (Wildman–Crippen MR) is 87.1 cm³/mol. The van der Waals surface area contributed by atoms with Crippen LogP contribution in [0.3, 0.4) is 0 Å². The van der Waals surface area contributed by atoms with E-state index in [0.29, 0.717) is 30.0 Å². The molecule has 1 heterocycles.